The Morgan fingerprint density at radius 2 is 1.95 bits per heavy atom. The van der Waals surface area contributed by atoms with E-state index in [1.54, 1.807) is 0 Å². The fraction of sp³-hybridized carbons (Fsp3) is 0.611. The lowest BCUT2D eigenvalue weighted by Crippen LogP contribution is -2.50. The van der Waals surface area contributed by atoms with Crippen molar-refractivity contribution in [2.75, 3.05) is 0 Å². The minimum atomic E-state index is -0.186. The molecule has 2 unspecified atom stereocenters. The van der Waals surface area contributed by atoms with Crippen molar-refractivity contribution in [2.45, 2.75) is 71.0 Å². The molecule has 0 saturated heterocycles. The average Bonchev–Trinajstić information content (AvgIpc) is 2.60. The third kappa shape index (κ3) is 4.57. The van der Waals surface area contributed by atoms with Gasteiger partial charge >= 0.3 is 0 Å². The molecule has 0 bridgehead atoms. The zero-order chi connectivity index (χ0) is 15.5. The van der Waals surface area contributed by atoms with Gasteiger partial charge in [-0.15, -0.1) is 0 Å². The zero-order valence-electron chi connectivity index (χ0n) is 13.7. The third-order valence-corrected chi connectivity index (χ3v) is 3.96. The maximum Gasteiger partial charge on any atom is 0.237 e. The number of carbonyl (C=O) groups excluding carboxylic acids is 1. The summed E-state index contributed by atoms with van der Waals surface area (Å²) in [5, 5.41) is 6.57. The summed E-state index contributed by atoms with van der Waals surface area (Å²) in [5.74, 6) is 0.0734. The van der Waals surface area contributed by atoms with Crippen LogP contribution >= 0.6 is 0 Å². The first-order chi connectivity index (χ1) is 9.87. The van der Waals surface area contributed by atoms with Crippen molar-refractivity contribution < 1.29 is 4.79 Å². The van der Waals surface area contributed by atoms with E-state index >= 15 is 0 Å². The van der Waals surface area contributed by atoms with Crippen molar-refractivity contribution in [3.8, 4) is 0 Å². The first-order valence-electron chi connectivity index (χ1n) is 8.03. The predicted octanol–water partition coefficient (Wildman–Crippen LogP) is 3.35. The lowest BCUT2D eigenvalue weighted by Gasteiger charge is -2.27. The van der Waals surface area contributed by atoms with Crippen LogP contribution < -0.4 is 10.6 Å². The van der Waals surface area contributed by atoms with Crippen LogP contribution in [0.3, 0.4) is 0 Å². The van der Waals surface area contributed by atoms with Crippen LogP contribution in [0, 0.1) is 0 Å². The van der Waals surface area contributed by atoms with Gasteiger partial charge in [0, 0.05) is 11.6 Å². The van der Waals surface area contributed by atoms with Crippen LogP contribution in [-0.2, 0) is 11.2 Å². The number of amides is 1. The van der Waals surface area contributed by atoms with Gasteiger partial charge in [-0.1, -0.05) is 30.7 Å². The van der Waals surface area contributed by atoms with Crippen LogP contribution in [0.15, 0.2) is 24.3 Å². The number of aryl methyl sites for hydroxylation is 1. The summed E-state index contributed by atoms with van der Waals surface area (Å²) in [5.41, 5.74) is 2.61. The second-order valence-electron chi connectivity index (χ2n) is 7.12. The summed E-state index contributed by atoms with van der Waals surface area (Å²) in [6.45, 7) is 7.99. The molecular weight excluding hydrogens is 260 g/mol. The number of rotatable bonds is 3. The molecule has 0 fully saturated rings. The number of benzene rings is 1. The third-order valence-electron chi connectivity index (χ3n) is 3.96. The predicted molar refractivity (Wildman–Crippen MR) is 87.2 cm³/mol. The monoisotopic (exact) mass is 288 g/mol. The van der Waals surface area contributed by atoms with E-state index in [9.17, 15) is 4.79 Å². The van der Waals surface area contributed by atoms with E-state index in [0.29, 0.717) is 0 Å². The Labute approximate surface area is 128 Å². The van der Waals surface area contributed by atoms with Crippen LogP contribution in [0.4, 0.5) is 0 Å². The molecule has 3 heteroatoms. The second-order valence-corrected chi connectivity index (χ2v) is 7.12. The molecule has 0 saturated carbocycles. The Morgan fingerprint density at radius 1 is 1.24 bits per heavy atom. The molecule has 0 heterocycles. The first kappa shape index (κ1) is 16.0. The standard InChI is InChI=1S/C18H28N2O/c1-13(17(21)20-18(2,3)4)19-16-12-8-6-10-14-9-5-7-11-15(14)16/h5,7,9,11,13,16,19H,6,8,10,12H2,1-4H3,(H,20,21). The summed E-state index contributed by atoms with van der Waals surface area (Å²) in [6.07, 6.45) is 4.69. The van der Waals surface area contributed by atoms with Crippen LogP contribution in [0.5, 0.6) is 0 Å². The molecule has 0 aliphatic heterocycles. The van der Waals surface area contributed by atoms with Crippen molar-refractivity contribution in [3.05, 3.63) is 35.4 Å². The van der Waals surface area contributed by atoms with E-state index < -0.39 is 0 Å². The quantitative estimate of drug-likeness (QED) is 0.838. The fourth-order valence-electron chi connectivity index (χ4n) is 2.95. The van der Waals surface area contributed by atoms with Crippen LogP contribution in [0.2, 0.25) is 0 Å². The van der Waals surface area contributed by atoms with Gasteiger partial charge in [-0.05, 0) is 58.1 Å². The number of nitrogens with one attached hydrogen (secondary N) is 2. The first-order valence-corrected chi connectivity index (χ1v) is 8.03. The normalized spacial score (nSPS) is 20.3. The molecule has 2 atom stereocenters. The summed E-state index contributed by atoms with van der Waals surface area (Å²) >= 11 is 0. The molecule has 1 aromatic carbocycles. The van der Waals surface area contributed by atoms with E-state index in [4.69, 9.17) is 0 Å². The van der Waals surface area contributed by atoms with E-state index in [1.807, 2.05) is 27.7 Å². The highest BCUT2D eigenvalue weighted by Crippen LogP contribution is 2.28. The van der Waals surface area contributed by atoms with E-state index in [1.165, 1.54) is 24.0 Å². The molecular formula is C18H28N2O. The smallest absolute Gasteiger partial charge is 0.237 e. The van der Waals surface area contributed by atoms with Gasteiger partial charge in [0.2, 0.25) is 5.91 Å². The van der Waals surface area contributed by atoms with Gasteiger partial charge in [-0.3, -0.25) is 10.1 Å². The molecule has 0 radical (unpaired) electrons. The lowest BCUT2D eigenvalue weighted by molar-refractivity contribution is -0.124. The molecule has 116 valence electrons. The molecule has 2 rings (SSSR count). The number of carbonyl (C=O) groups is 1. The van der Waals surface area contributed by atoms with Crippen LogP contribution in [-0.4, -0.2) is 17.5 Å². The second kappa shape index (κ2) is 6.61. The SMILES string of the molecule is CC(NC1CCCCc2ccccc21)C(=O)NC(C)(C)C. The van der Waals surface area contributed by atoms with E-state index in [2.05, 4.69) is 34.9 Å². The Kier molecular flexibility index (Phi) is 5.04. The van der Waals surface area contributed by atoms with E-state index in [0.717, 1.165) is 12.8 Å². The topological polar surface area (TPSA) is 41.1 Å². The summed E-state index contributed by atoms with van der Waals surface area (Å²) in [4.78, 5) is 12.3. The fourth-order valence-corrected chi connectivity index (χ4v) is 2.95. The van der Waals surface area contributed by atoms with E-state index in [-0.39, 0.29) is 23.5 Å². The summed E-state index contributed by atoms with van der Waals surface area (Å²) in [7, 11) is 0. The highest BCUT2D eigenvalue weighted by molar-refractivity contribution is 5.82. The summed E-state index contributed by atoms with van der Waals surface area (Å²) in [6, 6.07) is 8.72. The molecule has 0 spiro atoms. The maximum absolute atomic E-state index is 12.3. The van der Waals surface area contributed by atoms with Gasteiger partial charge in [0.1, 0.15) is 0 Å². The van der Waals surface area contributed by atoms with Crippen molar-refractivity contribution in [2.24, 2.45) is 0 Å². The summed E-state index contributed by atoms with van der Waals surface area (Å²) < 4.78 is 0. The highest BCUT2D eigenvalue weighted by Gasteiger charge is 2.24. The Bertz CT molecular complexity index is 490. The molecule has 1 amide bonds. The largest absolute Gasteiger partial charge is 0.350 e. The number of hydrogen-bond donors (Lipinski definition) is 2. The van der Waals surface area contributed by atoms with Gasteiger partial charge in [-0.25, -0.2) is 0 Å². The van der Waals surface area contributed by atoms with Crippen LogP contribution in [0.25, 0.3) is 0 Å². The molecule has 1 aliphatic carbocycles. The minimum absolute atomic E-state index is 0.0734. The average molecular weight is 288 g/mol. The molecule has 2 N–H and O–H groups in total. The van der Waals surface area contributed by atoms with Crippen molar-refractivity contribution >= 4 is 5.91 Å². The lowest BCUT2D eigenvalue weighted by atomic mass is 9.98. The van der Waals surface area contributed by atoms with Gasteiger partial charge in [0.05, 0.1) is 6.04 Å². The van der Waals surface area contributed by atoms with Crippen molar-refractivity contribution in [1.29, 1.82) is 0 Å². The van der Waals surface area contributed by atoms with Crippen molar-refractivity contribution in [1.82, 2.24) is 10.6 Å². The Balaban J connectivity index is 2.07. The van der Waals surface area contributed by atoms with Crippen molar-refractivity contribution in [3.63, 3.8) is 0 Å². The Hall–Kier alpha value is -1.35. The molecule has 1 aliphatic rings. The highest BCUT2D eigenvalue weighted by atomic mass is 16.2. The van der Waals surface area contributed by atoms with Gasteiger partial charge in [-0.2, -0.15) is 0 Å². The zero-order valence-corrected chi connectivity index (χ0v) is 13.7. The van der Waals surface area contributed by atoms with Gasteiger partial charge in [0.25, 0.3) is 0 Å². The van der Waals surface area contributed by atoms with Gasteiger partial charge < -0.3 is 5.32 Å². The van der Waals surface area contributed by atoms with Gasteiger partial charge in [0.15, 0.2) is 0 Å². The molecule has 1 aromatic rings. The van der Waals surface area contributed by atoms with Crippen LogP contribution in [0.1, 0.15) is 64.1 Å². The Morgan fingerprint density at radius 3 is 2.67 bits per heavy atom. The molecule has 0 aromatic heterocycles. The molecule has 3 nitrogen and oxygen atoms in total. The maximum atomic E-state index is 12.3. The molecule has 21 heavy (non-hydrogen) atoms. The number of fused-ring (bicyclic) bond motifs is 1. The number of hydrogen-bond acceptors (Lipinski definition) is 2. The minimum Gasteiger partial charge on any atom is -0.350 e.